The van der Waals surface area contributed by atoms with Crippen molar-refractivity contribution < 1.29 is 14.7 Å². The number of hydrogen-bond acceptors (Lipinski definition) is 3. The zero-order chi connectivity index (χ0) is 23.0. The molecule has 2 atom stereocenters. The van der Waals surface area contributed by atoms with Gasteiger partial charge in [0.2, 0.25) is 5.91 Å². The van der Waals surface area contributed by atoms with Crippen LogP contribution in [0.3, 0.4) is 0 Å². The van der Waals surface area contributed by atoms with Crippen molar-refractivity contribution in [3.8, 4) is 11.1 Å². The SMILES string of the molecule is Cc1ccc(-c2c(CNC(=O)O)c(CC(C)C)nc3ccc(C4CC4C(N)=O)cc23)cc1. The lowest BCUT2D eigenvalue weighted by atomic mass is 9.90. The molecule has 0 saturated heterocycles. The molecule has 1 fully saturated rings. The molecule has 4 rings (SSSR count). The summed E-state index contributed by atoms with van der Waals surface area (Å²) in [5, 5.41) is 12.8. The number of aryl methyl sites for hydroxylation is 1. The highest BCUT2D eigenvalue weighted by Crippen LogP contribution is 2.48. The fourth-order valence-corrected chi connectivity index (χ4v) is 4.44. The Morgan fingerprint density at radius 2 is 1.91 bits per heavy atom. The van der Waals surface area contributed by atoms with Crippen LogP contribution in [0.4, 0.5) is 4.79 Å². The van der Waals surface area contributed by atoms with Crippen LogP contribution in [-0.4, -0.2) is 22.1 Å². The Balaban J connectivity index is 1.95. The van der Waals surface area contributed by atoms with Gasteiger partial charge in [0.15, 0.2) is 0 Å². The molecule has 0 bridgehead atoms. The summed E-state index contributed by atoms with van der Waals surface area (Å²) in [5.41, 5.74) is 12.4. The second kappa shape index (κ2) is 8.61. The normalized spacial score (nSPS) is 17.5. The average Bonchev–Trinajstić information content (AvgIpc) is 3.53. The summed E-state index contributed by atoms with van der Waals surface area (Å²) in [6, 6.07) is 14.4. The minimum Gasteiger partial charge on any atom is -0.465 e. The summed E-state index contributed by atoms with van der Waals surface area (Å²) in [6.45, 7) is 6.49. The highest BCUT2D eigenvalue weighted by molar-refractivity contribution is 5.97. The number of rotatable bonds is 7. The Kier molecular flexibility index (Phi) is 5.87. The molecule has 1 aliphatic rings. The first-order valence-corrected chi connectivity index (χ1v) is 11.0. The maximum Gasteiger partial charge on any atom is 0.404 e. The van der Waals surface area contributed by atoms with E-state index in [1.807, 2.05) is 19.1 Å². The monoisotopic (exact) mass is 431 g/mol. The molecule has 2 aromatic carbocycles. The second-order valence-corrected chi connectivity index (χ2v) is 9.16. The first kappa shape index (κ1) is 21.8. The van der Waals surface area contributed by atoms with Crippen LogP contribution in [0.15, 0.2) is 42.5 Å². The fraction of sp³-hybridized carbons (Fsp3) is 0.346. The number of nitrogens with zero attached hydrogens (tertiary/aromatic N) is 1. The Morgan fingerprint density at radius 3 is 2.50 bits per heavy atom. The Morgan fingerprint density at radius 1 is 1.19 bits per heavy atom. The first-order chi connectivity index (χ1) is 15.2. The third-order valence-electron chi connectivity index (χ3n) is 6.14. The van der Waals surface area contributed by atoms with Crippen molar-refractivity contribution in [2.45, 2.75) is 46.1 Å². The molecule has 6 nitrogen and oxygen atoms in total. The van der Waals surface area contributed by atoms with Crippen molar-refractivity contribution >= 4 is 22.9 Å². The van der Waals surface area contributed by atoms with E-state index in [2.05, 4.69) is 49.5 Å². The molecule has 32 heavy (non-hydrogen) atoms. The summed E-state index contributed by atoms with van der Waals surface area (Å²) in [6.07, 6.45) is 0.457. The van der Waals surface area contributed by atoms with Crippen LogP contribution in [0.1, 0.15) is 48.6 Å². The van der Waals surface area contributed by atoms with Crippen LogP contribution in [0.5, 0.6) is 0 Å². The lowest BCUT2D eigenvalue weighted by Crippen LogP contribution is -2.22. The standard InChI is InChI=1S/C26H29N3O3/c1-14(2)10-23-21(13-28-26(31)32)24(16-6-4-15(3)5-7-16)20-11-17(8-9-22(20)29-23)18-12-19(18)25(27)30/h4-9,11,14,18-19,28H,10,12-13H2,1-3H3,(H2,27,30)(H,31,32). The number of aromatic nitrogens is 1. The molecule has 3 aromatic rings. The van der Waals surface area contributed by atoms with Crippen LogP contribution in [0.2, 0.25) is 0 Å². The van der Waals surface area contributed by atoms with Crippen LogP contribution < -0.4 is 11.1 Å². The maximum atomic E-state index is 11.6. The van der Waals surface area contributed by atoms with Gasteiger partial charge in [0.1, 0.15) is 0 Å². The molecule has 1 aliphatic carbocycles. The number of carbonyl (C=O) groups excluding carboxylic acids is 1. The fourth-order valence-electron chi connectivity index (χ4n) is 4.44. The van der Waals surface area contributed by atoms with E-state index in [0.29, 0.717) is 5.92 Å². The zero-order valence-corrected chi connectivity index (χ0v) is 18.7. The quantitative estimate of drug-likeness (QED) is 0.501. The van der Waals surface area contributed by atoms with E-state index in [-0.39, 0.29) is 24.3 Å². The van der Waals surface area contributed by atoms with Crippen molar-refractivity contribution in [1.82, 2.24) is 10.3 Å². The van der Waals surface area contributed by atoms with Crippen molar-refractivity contribution in [2.24, 2.45) is 17.6 Å². The van der Waals surface area contributed by atoms with E-state index < -0.39 is 6.09 Å². The van der Waals surface area contributed by atoms with Gasteiger partial charge in [-0.3, -0.25) is 9.78 Å². The first-order valence-electron chi connectivity index (χ1n) is 11.0. The average molecular weight is 432 g/mol. The van der Waals surface area contributed by atoms with Gasteiger partial charge in [0, 0.05) is 29.1 Å². The van der Waals surface area contributed by atoms with Gasteiger partial charge in [-0.1, -0.05) is 49.7 Å². The molecule has 0 radical (unpaired) electrons. The van der Waals surface area contributed by atoms with Gasteiger partial charge in [-0.15, -0.1) is 0 Å². The number of carbonyl (C=O) groups is 2. The predicted octanol–water partition coefficient (Wildman–Crippen LogP) is 4.77. The number of nitrogens with one attached hydrogen (secondary N) is 1. The van der Waals surface area contributed by atoms with Crippen molar-refractivity contribution in [1.29, 1.82) is 0 Å². The lowest BCUT2D eigenvalue weighted by molar-refractivity contribution is -0.119. The lowest BCUT2D eigenvalue weighted by Gasteiger charge is -2.19. The summed E-state index contributed by atoms with van der Waals surface area (Å²) in [5.74, 6) is 0.136. The third-order valence-corrected chi connectivity index (χ3v) is 6.14. The highest BCUT2D eigenvalue weighted by Gasteiger charge is 2.42. The summed E-state index contributed by atoms with van der Waals surface area (Å²) in [4.78, 5) is 27.9. The largest absolute Gasteiger partial charge is 0.465 e. The number of pyridine rings is 1. The summed E-state index contributed by atoms with van der Waals surface area (Å²) in [7, 11) is 0. The molecule has 0 aliphatic heterocycles. The molecule has 1 heterocycles. The van der Waals surface area contributed by atoms with Gasteiger partial charge >= 0.3 is 6.09 Å². The van der Waals surface area contributed by atoms with Crippen LogP contribution in [0.25, 0.3) is 22.0 Å². The van der Waals surface area contributed by atoms with Crippen molar-refractivity contribution in [2.75, 3.05) is 0 Å². The van der Waals surface area contributed by atoms with E-state index in [9.17, 15) is 14.7 Å². The summed E-state index contributed by atoms with van der Waals surface area (Å²) >= 11 is 0. The van der Waals surface area contributed by atoms with Crippen molar-refractivity contribution in [3.05, 3.63) is 64.8 Å². The molecule has 166 valence electrons. The number of primary amides is 1. The third kappa shape index (κ3) is 4.44. The molecule has 1 saturated carbocycles. The topological polar surface area (TPSA) is 105 Å². The minimum absolute atomic E-state index is 0.114. The van der Waals surface area contributed by atoms with Gasteiger partial charge in [-0.25, -0.2) is 4.79 Å². The number of nitrogens with two attached hydrogens (primary N) is 1. The van der Waals surface area contributed by atoms with Gasteiger partial charge in [0.25, 0.3) is 0 Å². The molecule has 2 unspecified atom stereocenters. The van der Waals surface area contributed by atoms with Gasteiger partial charge in [-0.05, 0) is 60.4 Å². The highest BCUT2D eigenvalue weighted by atomic mass is 16.4. The minimum atomic E-state index is -1.06. The van der Waals surface area contributed by atoms with E-state index in [4.69, 9.17) is 10.7 Å². The van der Waals surface area contributed by atoms with Gasteiger partial charge in [0.05, 0.1) is 5.52 Å². The Labute approximate surface area is 187 Å². The number of benzene rings is 2. The molecule has 0 spiro atoms. The predicted molar refractivity (Wildman–Crippen MR) is 125 cm³/mol. The molecular formula is C26H29N3O3. The van der Waals surface area contributed by atoms with Gasteiger partial charge < -0.3 is 16.2 Å². The Hall–Kier alpha value is -3.41. The number of amides is 2. The number of fused-ring (bicyclic) bond motifs is 1. The molecule has 6 heteroatoms. The van der Waals surface area contributed by atoms with Gasteiger partial charge in [-0.2, -0.15) is 0 Å². The number of hydrogen-bond donors (Lipinski definition) is 3. The molecular weight excluding hydrogens is 402 g/mol. The zero-order valence-electron chi connectivity index (χ0n) is 18.7. The second-order valence-electron chi connectivity index (χ2n) is 9.16. The van der Waals surface area contributed by atoms with Crippen LogP contribution >= 0.6 is 0 Å². The maximum absolute atomic E-state index is 11.6. The molecule has 1 aromatic heterocycles. The Bertz CT molecular complexity index is 1190. The number of carboxylic acid groups (broad SMARTS) is 1. The van der Waals surface area contributed by atoms with E-state index >= 15 is 0 Å². The molecule has 2 amide bonds. The van der Waals surface area contributed by atoms with Crippen LogP contribution in [0, 0.1) is 18.8 Å². The van der Waals surface area contributed by atoms with E-state index in [0.717, 1.165) is 57.3 Å². The summed E-state index contributed by atoms with van der Waals surface area (Å²) < 4.78 is 0. The van der Waals surface area contributed by atoms with E-state index in [1.54, 1.807) is 0 Å². The van der Waals surface area contributed by atoms with Crippen LogP contribution in [-0.2, 0) is 17.8 Å². The smallest absolute Gasteiger partial charge is 0.404 e. The molecule has 4 N–H and O–H groups in total. The van der Waals surface area contributed by atoms with E-state index in [1.165, 1.54) is 0 Å². The van der Waals surface area contributed by atoms with Crippen molar-refractivity contribution in [3.63, 3.8) is 0 Å².